The summed E-state index contributed by atoms with van der Waals surface area (Å²) in [6.07, 6.45) is 3.96. The van der Waals surface area contributed by atoms with Crippen molar-refractivity contribution in [2.24, 2.45) is 0 Å². The van der Waals surface area contributed by atoms with Gasteiger partial charge in [-0.05, 0) is 48.0 Å². The van der Waals surface area contributed by atoms with E-state index in [1.54, 1.807) is 36.4 Å². The van der Waals surface area contributed by atoms with Gasteiger partial charge in [-0.25, -0.2) is 9.18 Å². The standard InChI is InChI=1S/C17H11FN2O3/c18-14-3-1-2-12(10-14)4-9-16(21)23-15-7-5-13(6-8-15)17-20-19-11-22-17/h1-11H/b9-4+. The normalized spacial score (nSPS) is 10.8. The third kappa shape index (κ3) is 3.88. The minimum Gasteiger partial charge on any atom is -0.423 e. The van der Waals surface area contributed by atoms with Crippen LogP contribution in [0.25, 0.3) is 17.5 Å². The molecule has 3 rings (SSSR count). The fourth-order valence-electron chi connectivity index (χ4n) is 1.89. The van der Waals surface area contributed by atoms with Crippen LogP contribution in [-0.2, 0) is 4.79 Å². The molecular weight excluding hydrogens is 299 g/mol. The van der Waals surface area contributed by atoms with Gasteiger partial charge < -0.3 is 9.15 Å². The summed E-state index contributed by atoms with van der Waals surface area (Å²) in [6, 6.07) is 12.5. The number of hydrogen-bond donors (Lipinski definition) is 0. The van der Waals surface area contributed by atoms with Gasteiger partial charge in [-0.1, -0.05) is 12.1 Å². The van der Waals surface area contributed by atoms with E-state index in [2.05, 4.69) is 10.2 Å². The topological polar surface area (TPSA) is 65.2 Å². The number of carbonyl (C=O) groups excluding carboxylic acids is 1. The molecule has 0 bridgehead atoms. The van der Waals surface area contributed by atoms with Crippen LogP contribution in [0.15, 0.2) is 65.4 Å². The van der Waals surface area contributed by atoms with Gasteiger partial charge in [0.2, 0.25) is 12.3 Å². The molecule has 0 unspecified atom stereocenters. The number of carbonyl (C=O) groups is 1. The van der Waals surface area contributed by atoms with Crippen LogP contribution in [0.3, 0.4) is 0 Å². The first-order valence-corrected chi connectivity index (χ1v) is 6.73. The molecule has 3 aromatic rings. The molecule has 0 saturated heterocycles. The van der Waals surface area contributed by atoms with Crippen LogP contribution in [0.5, 0.6) is 5.75 Å². The van der Waals surface area contributed by atoms with Crippen molar-refractivity contribution in [1.82, 2.24) is 10.2 Å². The fraction of sp³-hybridized carbons (Fsp3) is 0. The highest BCUT2D eigenvalue weighted by atomic mass is 19.1. The third-order valence-corrected chi connectivity index (χ3v) is 2.94. The molecule has 0 aliphatic heterocycles. The van der Waals surface area contributed by atoms with Crippen LogP contribution >= 0.6 is 0 Å². The molecule has 114 valence electrons. The van der Waals surface area contributed by atoms with E-state index in [1.807, 2.05) is 0 Å². The number of aromatic nitrogens is 2. The zero-order chi connectivity index (χ0) is 16.1. The maximum atomic E-state index is 13.0. The highest BCUT2D eigenvalue weighted by Crippen LogP contribution is 2.20. The van der Waals surface area contributed by atoms with E-state index in [-0.39, 0.29) is 5.82 Å². The van der Waals surface area contributed by atoms with Gasteiger partial charge in [-0.3, -0.25) is 0 Å². The average Bonchev–Trinajstić information content (AvgIpc) is 3.08. The highest BCUT2D eigenvalue weighted by Gasteiger charge is 2.05. The molecule has 1 heterocycles. The van der Waals surface area contributed by atoms with Crippen molar-refractivity contribution < 1.29 is 18.3 Å². The van der Waals surface area contributed by atoms with Crippen LogP contribution in [-0.4, -0.2) is 16.2 Å². The van der Waals surface area contributed by atoms with E-state index < -0.39 is 5.97 Å². The molecule has 0 fully saturated rings. The van der Waals surface area contributed by atoms with Crippen molar-refractivity contribution >= 4 is 12.0 Å². The molecule has 0 aliphatic rings. The number of ether oxygens (including phenoxy) is 1. The molecule has 6 heteroatoms. The van der Waals surface area contributed by atoms with Crippen LogP contribution in [0.1, 0.15) is 5.56 Å². The summed E-state index contributed by atoms with van der Waals surface area (Å²) in [4.78, 5) is 11.7. The van der Waals surface area contributed by atoms with E-state index >= 15 is 0 Å². The first-order valence-electron chi connectivity index (χ1n) is 6.73. The van der Waals surface area contributed by atoms with Gasteiger partial charge in [0.05, 0.1) is 0 Å². The number of hydrogen-bond acceptors (Lipinski definition) is 5. The number of halogens is 1. The number of nitrogens with zero attached hydrogens (tertiary/aromatic N) is 2. The Morgan fingerprint density at radius 3 is 2.70 bits per heavy atom. The number of rotatable bonds is 4. The van der Waals surface area contributed by atoms with Crippen molar-refractivity contribution in [3.63, 3.8) is 0 Å². The maximum absolute atomic E-state index is 13.0. The predicted octanol–water partition coefficient (Wildman–Crippen LogP) is 3.49. The Hall–Kier alpha value is -3.28. The molecule has 0 radical (unpaired) electrons. The van der Waals surface area contributed by atoms with E-state index in [9.17, 15) is 9.18 Å². The average molecular weight is 310 g/mol. The molecule has 0 N–H and O–H groups in total. The Bertz CT molecular complexity index is 827. The van der Waals surface area contributed by atoms with Crippen LogP contribution in [0.4, 0.5) is 4.39 Å². The molecule has 0 spiro atoms. The molecule has 0 aliphatic carbocycles. The van der Waals surface area contributed by atoms with Crippen LogP contribution in [0.2, 0.25) is 0 Å². The van der Waals surface area contributed by atoms with E-state index in [4.69, 9.17) is 9.15 Å². The second-order valence-corrected chi connectivity index (χ2v) is 4.58. The Morgan fingerprint density at radius 1 is 1.17 bits per heavy atom. The zero-order valence-electron chi connectivity index (χ0n) is 11.8. The van der Waals surface area contributed by atoms with E-state index in [0.29, 0.717) is 17.2 Å². The first-order chi connectivity index (χ1) is 11.2. The molecule has 0 saturated carbocycles. The fourth-order valence-corrected chi connectivity index (χ4v) is 1.89. The Balaban J connectivity index is 1.64. The van der Waals surface area contributed by atoms with Crippen LogP contribution < -0.4 is 4.74 Å². The van der Waals surface area contributed by atoms with Gasteiger partial charge in [0.25, 0.3) is 0 Å². The Kier molecular flexibility index (Phi) is 4.24. The van der Waals surface area contributed by atoms with Gasteiger partial charge in [-0.2, -0.15) is 0 Å². The summed E-state index contributed by atoms with van der Waals surface area (Å²) in [5.74, 6) is -0.159. The van der Waals surface area contributed by atoms with Gasteiger partial charge in [0.15, 0.2) is 0 Å². The summed E-state index contributed by atoms with van der Waals surface area (Å²) in [6.45, 7) is 0. The number of benzene rings is 2. The third-order valence-electron chi connectivity index (χ3n) is 2.94. The minimum absolute atomic E-state index is 0.364. The predicted molar refractivity (Wildman–Crippen MR) is 80.8 cm³/mol. The summed E-state index contributed by atoms with van der Waals surface area (Å²) in [5.41, 5.74) is 1.30. The molecule has 2 aromatic carbocycles. The minimum atomic E-state index is -0.556. The van der Waals surface area contributed by atoms with Crippen LogP contribution in [0, 0.1) is 5.82 Å². The van der Waals surface area contributed by atoms with Crippen molar-refractivity contribution in [2.75, 3.05) is 0 Å². The quantitative estimate of drug-likeness (QED) is 0.419. The molecular formula is C17H11FN2O3. The van der Waals surface area contributed by atoms with E-state index in [0.717, 1.165) is 5.56 Å². The van der Waals surface area contributed by atoms with Crippen molar-refractivity contribution in [1.29, 1.82) is 0 Å². The lowest BCUT2D eigenvalue weighted by Crippen LogP contribution is -2.03. The maximum Gasteiger partial charge on any atom is 0.336 e. The lowest BCUT2D eigenvalue weighted by Gasteiger charge is -2.01. The van der Waals surface area contributed by atoms with Gasteiger partial charge in [0.1, 0.15) is 11.6 Å². The lowest BCUT2D eigenvalue weighted by molar-refractivity contribution is -0.128. The van der Waals surface area contributed by atoms with Crippen molar-refractivity contribution in [3.05, 3.63) is 72.4 Å². The summed E-state index contributed by atoms with van der Waals surface area (Å²) in [7, 11) is 0. The SMILES string of the molecule is O=C(/C=C/c1cccc(F)c1)Oc1ccc(-c2nnco2)cc1. The van der Waals surface area contributed by atoms with Crippen molar-refractivity contribution in [2.45, 2.75) is 0 Å². The summed E-state index contributed by atoms with van der Waals surface area (Å²) >= 11 is 0. The Labute approximate surface area is 131 Å². The number of esters is 1. The molecule has 5 nitrogen and oxygen atoms in total. The second-order valence-electron chi connectivity index (χ2n) is 4.58. The monoisotopic (exact) mass is 310 g/mol. The largest absolute Gasteiger partial charge is 0.423 e. The molecule has 23 heavy (non-hydrogen) atoms. The molecule has 1 aromatic heterocycles. The second kappa shape index (κ2) is 6.65. The van der Waals surface area contributed by atoms with Crippen molar-refractivity contribution in [3.8, 4) is 17.2 Å². The van der Waals surface area contributed by atoms with E-state index in [1.165, 1.54) is 30.7 Å². The first kappa shape index (κ1) is 14.6. The highest BCUT2D eigenvalue weighted by molar-refractivity contribution is 5.88. The van der Waals surface area contributed by atoms with Gasteiger partial charge in [-0.15, -0.1) is 10.2 Å². The Morgan fingerprint density at radius 2 is 2.00 bits per heavy atom. The smallest absolute Gasteiger partial charge is 0.336 e. The van der Waals surface area contributed by atoms with Gasteiger partial charge >= 0.3 is 5.97 Å². The summed E-state index contributed by atoms with van der Waals surface area (Å²) < 4.78 is 23.2. The zero-order valence-corrected chi connectivity index (χ0v) is 11.8. The lowest BCUT2D eigenvalue weighted by atomic mass is 10.2. The molecule has 0 amide bonds. The summed E-state index contributed by atoms with van der Waals surface area (Å²) in [5, 5.41) is 7.37. The molecule has 0 atom stereocenters. The van der Waals surface area contributed by atoms with Gasteiger partial charge in [0, 0.05) is 11.6 Å².